The summed E-state index contributed by atoms with van der Waals surface area (Å²) in [4.78, 5) is 0. The summed E-state index contributed by atoms with van der Waals surface area (Å²) in [5, 5.41) is 23.8. The zero-order chi connectivity index (χ0) is 31.3. The van der Waals surface area contributed by atoms with E-state index in [0.29, 0.717) is 11.5 Å². The van der Waals surface area contributed by atoms with Crippen molar-refractivity contribution >= 4 is 53.4 Å². The van der Waals surface area contributed by atoms with E-state index in [-0.39, 0.29) is 13.2 Å². The highest BCUT2D eigenvalue weighted by atomic mass is 79.9. The normalized spacial score (nSPS) is 14.6. The number of hydrogen-bond donors (Lipinski definition) is 2. The molecule has 2 unspecified atom stereocenters. The van der Waals surface area contributed by atoms with Crippen LogP contribution in [-0.4, -0.2) is 35.6 Å². The van der Waals surface area contributed by atoms with Gasteiger partial charge in [-0.25, -0.2) is 0 Å². The Morgan fingerprint density at radius 2 is 1.00 bits per heavy atom. The molecule has 6 heteroatoms. The van der Waals surface area contributed by atoms with E-state index in [2.05, 4.69) is 129 Å². The first-order chi connectivity index (χ1) is 21.8. The van der Waals surface area contributed by atoms with Crippen LogP contribution in [0.1, 0.15) is 36.1 Å². The van der Waals surface area contributed by atoms with Crippen molar-refractivity contribution < 1.29 is 19.7 Å². The van der Waals surface area contributed by atoms with E-state index in [1.54, 1.807) is 13.8 Å². The monoisotopic (exact) mass is 722 g/mol. The molecule has 0 aromatic heterocycles. The number of aliphatic hydroxyl groups is 2. The molecule has 0 radical (unpaired) electrons. The molecule has 0 amide bonds. The Morgan fingerprint density at radius 1 is 0.578 bits per heavy atom. The molecule has 0 fully saturated rings. The summed E-state index contributed by atoms with van der Waals surface area (Å²) in [5.74, 6) is 1.42. The zero-order valence-corrected chi connectivity index (χ0v) is 28.1. The van der Waals surface area contributed by atoms with Gasteiger partial charge in [0.15, 0.2) is 0 Å². The summed E-state index contributed by atoms with van der Waals surface area (Å²) in [6.07, 6.45) is -1.11. The van der Waals surface area contributed by atoms with E-state index < -0.39 is 17.6 Å². The maximum absolute atomic E-state index is 9.75. The molecule has 1 aliphatic carbocycles. The van der Waals surface area contributed by atoms with E-state index in [0.717, 1.165) is 30.5 Å². The van der Waals surface area contributed by atoms with Crippen molar-refractivity contribution in [3.05, 3.63) is 140 Å². The predicted molar refractivity (Wildman–Crippen MR) is 189 cm³/mol. The molecular weight excluding hydrogens is 692 g/mol. The first-order valence-electron chi connectivity index (χ1n) is 15.1. The van der Waals surface area contributed by atoms with Crippen LogP contribution in [0.25, 0.3) is 32.7 Å². The van der Waals surface area contributed by atoms with Crippen LogP contribution in [0.3, 0.4) is 0 Å². The molecule has 4 nitrogen and oxygen atoms in total. The number of hydrogen-bond acceptors (Lipinski definition) is 4. The molecule has 0 heterocycles. The van der Waals surface area contributed by atoms with E-state index in [1.165, 1.54) is 33.4 Å². The number of ether oxygens (including phenoxy) is 2. The first-order valence-corrected chi connectivity index (χ1v) is 16.6. The molecule has 6 aromatic carbocycles. The van der Waals surface area contributed by atoms with Crippen molar-refractivity contribution in [3.63, 3.8) is 0 Å². The Bertz CT molecular complexity index is 1920. The van der Waals surface area contributed by atoms with Crippen LogP contribution in [-0.2, 0) is 5.41 Å². The molecule has 1 aliphatic rings. The van der Waals surface area contributed by atoms with Gasteiger partial charge in [-0.05, 0) is 125 Å². The lowest BCUT2D eigenvalue weighted by Crippen LogP contribution is -2.28. The second-order valence-corrected chi connectivity index (χ2v) is 13.4. The first kappa shape index (κ1) is 30.0. The third-order valence-corrected chi connectivity index (χ3v) is 10.3. The molecule has 2 atom stereocenters. The average Bonchev–Trinajstić information content (AvgIpc) is 3.35. The Balaban J connectivity index is 1.46. The summed E-state index contributed by atoms with van der Waals surface area (Å²) in [6, 6.07) is 39.0. The summed E-state index contributed by atoms with van der Waals surface area (Å²) in [6.45, 7) is 3.89. The van der Waals surface area contributed by atoms with Gasteiger partial charge in [0.1, 0.15) is 24.7 Å². The molecule has 2 N–H and O–H groups in total. The Kier molecular flexibility index (Phi) is 7.95. The van der Waals surface area contributed by atoms with Crippen LogP contribution < -0.4 is 9.47 Å². The minimum atomic E-state index is -0.558. The Labute approximate surface area is 279 Å². The van der Waals surface area contributed by atoms with Gasteiger partial charge in [0, 0.05) is 0 Å². The Morgan fingerprint density at radius 3 is 1.42 bits per heavy atom. The second kappa shape index (κ2) is 11.9. The SMILES string of the molecule is CC(O)COc1ccc2cc(C3(c4ccc5c(Br)c(OCC(C)O)ccc5c4)c4ccccc4-c4ccccc43)ccc2c1Br. The fourth-order valence-electron chi connectivity index (χ4n) is 6.68. The van der Waals surface area contributed by atoms with E-state index in [4.69, 9.17) is 9.47 Å². The number of aliphatic hydroxyl groups excluding tert-OH is 2. The minimum absolute atomic E-state index is 0.227. The molecule has 226 valence electrons. The number of rotatable bonds is 8. The van der Waals surface area contributed by atoms with Crippen molar-refractivity contribution in [3.8, 4) is 22.6 Å². The standard InChI is InChI=1S/C39H32Br2O4/c1-23(42)21-44-35-17-11-25-19-27(13-15-29(25)37(35)40)39(33-9-5-3-7-31(33)32-8-4-6-10-34(32)39)28-14-16-30-26(20-28)12-18-36(38(30)41)45-22-24(2)43/h3-20,23-24,42-43H,21-22H2,1-2H3. The van der Waals surface area contributed by atoms with Gasteiger partial charge in [-0.2, -0.15) is 0 Å². The molecule has 45 heavy (non-hydrogen) atoms. The maximum atomic E-state index is 9.75. The highest BCUT2D eigenvalue weighted by molar-refractivity contribution is 9.11. The van der Waals surface area contributed by atoms with Crippen LogP contribution >= 0.6 is 31.9 Å². The lowest BCUT2D eigenvalue weighted by atomic mass is 9.67. The molecule has 0 bridgehead atoms. The van der Waals surface area contributed by atoms with Gasteiger partial charge in [-0.15, -0.1) is 0 Å². The van der Waals surface area contributed by atoms with Gasteiger partial charge in [-0.3, -0.25) is 0 Å². The zero-order valence-electron chi connectivity index (χ0n) is 24.9. The maximum Gasteiger partial charge on any atom is 0.134 e. The van der Waals surface area contributed by atoms with Gasteiger partial charge >= 0.3 is 0 Å². The molecule has 0 saturated carbocycles. The predicted octanol–water partition coefficient (Wildman–Crippen LogP) is 9.40. The lowest BCUT2D eigenvalue weighted by Gasteiger charge is -2.34. The second-order valence-electron chi connectivity index (χ2n) is 11.8. The van der Waals surface area contributed by atoms with Gasteiger partial charge < -0.3 is 19.7 Å². The smallest absolute Gasteiger partial charge is 0.134 e. The van der Waals surface area contributed by atoms with Crippen LogP contribution in [0.15, 0.2) is 118 Å². The molecular formula is C39H32Br2O4. The van der Waals surface area contributed by atoms with Gasteiger partial charge in [0.05, 0.1) is 26.6 Å². The van der Waals surface area contributed by atoms with Crippen molar-refractivity contribution in [1.82, 2.24) is 0 Å². The van der Waals surface area contributed by atoms with Crippen molar-refractivity contribution in [2.24, 2.45) is 0 Å². The van der Waals surface area contributed by atoms with Crippen LogP contribution in [0, 0.1) is 0 Å². The number of halogens is 2. The van der Waals surface area contributed by atoms with Crippen LogP contribution in [0.5, 0.6) is 11.5 Å². The molecule has 0 saturated heterocycles. The van der Waals surface area contributed by atoms with E-state index in [1.807, 2.05) is 12.1 Å². The van der Waals surface area contributed by atoms with Gasteiger partial charge in [-0.1, -0.05) is 84.9 Å². The van der Waals surface area contributed by atoms with Crippen LogP contribution in [0.4, 0.5) is 0 Å². The van der Waals surface area contributed by atoms with Gasteiger partial charge in [0.2, 0.25) is 0 Å². The fourth-order valence-corrected chi connectivity index (χ4v) is 7.89. The summed E-state index contributed by atoms with van der Waals surface area (Å²) >= 11 is 7.55. The molecule has 7 rings (SSSR count). The Hall–Kier alpha value is -3.68. The molecule has 0 aliphatic heterocycles. The molecule has 6 aromatic rings. The van der Waals surface area contributed by atoms with Gasteiger partial charge in [0.25, 0.3) is 0 Å². The minimum Gasteiger partial charge on any atom is -0.490 e. The number of fused-ring (bicyclic) bond motifs is 5. The van der Waals surface area contributed by atoms with Crippen LogP contribution in [0.2, 0.25) is 0 Å². The summed E-state index contributed by atoms with van der Waals surface area (Å²) < 4.78 is 13.5. The fraction of sp³-hybridized carbons (Fsp3) is 0.179. The molecule has 0 spiro atoms. The third kappa shape index (κ3) is 5.05. The summed E-state index contributed by atoms with van der Waals surface area (Å²) in [5.41, 5.74) is 6.75. The number of benzene rings is 6. The topological polar surface area (TPSA) is 58.9 Å². The lowest BCUT2D eigenvalue weighted by molar-refractivity contribution is 0.122. The van der Waals surface area contributed by atoms with E-state index >= 15 is 0 Å². The third-order valence-electron chi connectivity index (χ3n) is 8.62. The quantitative estimate of drug-likeness (QED) is 0.164. The van der Waals surface area contributed by atoms with Crippen molar-refractivity contribution in [2.75, 3.05) is 13.2 Å². The van der Waals surface area contributed by atoms with E-state index in [9.17, 15) is 10.2 Å². The largest absolute Gasteiger partial charge is 0.490 e. The average molecular weight is 724 g/mol. The van der Waals surface area contributed by atoms with Crippen molar-refractivity contribution in [2.45, 2.75) is 31.5 Å². The highest BCUT2D eigenvalue weighted by Crippen LogP contribution is 2.57. The van der Waals surface area contributed by atoms with Crippen molar-refractivity contribution in [1.29, 1.82) is 0 Å². The highest BCUT2D eigenvalue weighted by Gasteiger charge is 2.46. The summed E-state index contributed by atoms with van der Waals surface area (Å²) in [7, 11) is 0.